The molecule has 4 rings (SSSR count). The maximum absolute atomic E-state index is 14.7. The van der Waals surface area contributed by atoms with Gasteiger partial charge in [-0.05, 0) is 75.2 Å². The topological polar surface area (TPSA) is 96.0 Å². The molecule has 0 heterocycles. The van der Waals surface area contributed by atoms with E-state index in [4.69, 9.17) is 27.9 Å². The number of aryl methyl sites for hydroxylation is 1. The number of hydrogen-bond donors (Lipinski definition) is 1. The van der Waals surface area contributed by atoms with Gasteiger partial charge in [-0.1, -0.05) is 83.9 Å². The van der Waals surface area contributed by atoms with E-state index in [0.717, 1.165) is 15.4 Å². The summed E-state index contributed by atoms with van der Waals surface area (Å²) in [4.78, 5) is 30.1. The van der Waals surface area contributed by atoms with E-state index < -0.39 is 40.0 Å². The van der Waals surface area contributed by atoms with Gasteiger partial charge < -0.3 is 15.0 Å². The molecule has 0 spiro atoms. The third kappa shape index (κ3) is 9.06. The van der Waals surface area contributed by atoms with Crippen molar-refractivity contribution in [1.82, 2.24) is 10.2 Å². The van der Waals surface area contributed by atoms with Crippen molar-refractivity contribution >= 4 is 50.7 Å². The SMILES string of the molecule is COc1ccc(C)cc1N(CC(=O)N(Cc1c(Cl)cccc1Cl)[C@H](Cc1ccccc1)C(=O)NC(C)(C)C)S(=O)(=O)c1ccccc1. The second kappa shape index (κ2) is 15.2. The molecule has 0 fully saturated rings. The minimum absolute atomic E-state index is 0.0108. The fourth-order valence-electron chi connectivity index (χ4n) is 5.09. The summed E-state index contributed by atoms with van der Waals surface area (Å²) in [5.41, 5.74) is 1.54. The summed E-state index contributed by atoms with van der Waals surface area (Å²) in [6.07, 6.45) is 0.149. The van der Waals surface area contributed by atoms with Crippen LogP contribution in [0.4, 0.5) is 5.69 Å². The van der Waals surface area contributed by atoms with Crippen LogP contribution in [0.3, 0.4) is 0 Å². The van der Waals surface area contributed by atoms with Crippen LogP contribution in [-0.4, -0.2) is 50.4 Å². The standard InChI is InChI=1S/C36H39Cl2N3O5S/c1-25-19-20-33(46-5)31(21-25)41(47(44,45)27-15-10-7-11-16-27)24-34(42)40(23-28-29(37)17-12-18-30(28)38)32(35(43)39-36(2,3)4)22-26-13-8-6-9-14-26/h6-21,32H,22-24H2,1-5H3,(H,39,43)/t32-/m1/s1. The number of ether oxygens (including phenoxy) is 1. The van der Waals surface area contributed by atoms with Crippen LogP contribution in [0.25, 0.3) is 0 Å². The molecule has 0 aliphatic heterocycles. The third-order valence-corrected chi connectivity index (χ3v) is 9.85. The molecular formula is C36H39Cl2N3O5S. The number of amides is 2. The molecular weight excluding hydrogens is 657 g/mol. The highest BCUT2D eigenvalue weighted by molar-refractivity contribution is 7.92. The van der Waals surface area contributed by atoms with Crippen molar-refractivity contribution < 1.29 is 22.7 Å². The van der Waals surface area contributed by atoms with Crippen molar-refractivity contribution in [2.24, 2.45) is 0 Å². The number of methoxy groups -OCH3 is 1. The third-order valence-electron chi connectivity index (χ3n) is 7.37. The molecule has 0 unspecified atom stereocenters. The van der Waals surface area contributed by atoms with Crippen molar-refractivity contribution in [3.05, 3.63) is 124 Å². The van der Waals surface area contributed by atoms with E-state index in [1.54, 1.807) is 54.6 Å². The number of nitrogens with one attached hydrogen (secondary N) is 1. The van der Waals surface area contributed by atoms with Gasteiger partial charge >= 0.3 is 0 Å². The molecule has 1 atom stereocenters. The number of anilines is 1. The fraction of sp³-hybridized carbons (Fsp3) is 0.278. The minimum atomic E-state index is -4.30. The maximum atomic E-state index is 14.7. The van der Waals surface area contributed by atoms with Gasteiger partial charge in [0.2, 0.25) is 11.8 Å². The van der Waals surface area contributed by atoms with Crippen LogP contribution < -0.4 is 14.4 Å². The zero-order chi connectivity index (χ0) is 34.4. The van der Waals surface area contributed by atoms with E-state index in [1.165, 1.54) is 24.1 Å². The molecule has 0 saturated carbocycles. The van der Waals surface area contributed by atoms with Gasteiger partial charge in [0.15, 0.2) is 0 Å². The van der Waals surface area contributed by atoms with Crippen LogP contribution in [-0.2, 0) is 32.6 Å². The second-order valence-corrected chi connectivity index (χ2v) is 14.8. The first-order valence-corrected chi connectivity index (χ1v) is 17.2. The number of nitrogens with zero attached hydrogens (tertiary/aromatic N) is 2. The molecule has 0 bridgehead atoms. The van der Waals surface area contributed by atoms with Gasteiger partial charge in [-0.3, -0.25) is 13.9 Å². The Bertz CT molecular complexity index is 1790. The lowest BCUT2D eigenvalue weighted by Gasteiger charge is -2.35. The van der Waals surface area contributed by atoms with Crippen LogP contribution in [0.5, 0.6) is 5.75 Å². The number of hydrogen-bond acceptors (Lipinski definition) is 5. The molecule has 0 aliphatic rings. The second-order valence-electron chi connectivity index (χ2n) is 12.2. The Morgan fingerprint density at radius 1 is 0.872 bits per heavy atom. The van der Waals surface area contributed by atoms with Crippen molar-refractivity contribution in [2.45, 2.75) is 57.1 Å². The van der Waals surface area contributed by atoms with Gasteiger partial charge in [0.25, 0.3) is 10.0 Å². The zero-order valence-corrected chi connectivity index (χ0v) is 29.4. The molecule has 0 radical (unpaired) electrons. The van der Waals surface area contributed by atoms with E-state index in [1.807, 2.05) is 58.0 Å². The van der Waals surface area contributed by atoms with Crippen LogP contribution in [0.15, 0.2) is 102 Å². The van der Waals surface area contributed by atoms with E-state index in [-0.39, 0.29) is 29.3 Å². The number of carbonyl (C=O) groups excluding carboxylic acids is 2. The Labute approximate surface area is 287 Å². The van der Waals surface area contributed by atoms with Gasteiger partial charge in [-0.25, -0.2) is 8.42 Å². The first-order valence-electron chi connectivity index (χ1n) is 15.0. The molecule has 1 N–H and O–H groups in total. The van der Waals surface area contributed by atoms with Crippen molar-refractivity contribution in [2.75, 3.05) is 18.0 Å². The molecule has 4 aromatic carbocycles. The Kier molecular flexibility index (Phi) is 11.6. The lowest BCUT2D eigenvalue weighted by atomic mass is 10.0. The smallest absolute Gasteiger partial charge is 0.264 e. The largest absolute Gasteiger partial charge is 0.495 e. The van der Waals surface area contributed by atoms with Gasteiger partial charge in [0.1, 0.15) is 18.3 Å². The predicted octanol–water partition coefficient (Wildman–Crippen LogP) is 7.06. The highest BCUT2D eigenvalue weighted by Gasteiger charge is 2.37. The van der Waals surface area contributed by atoms with E-state index >= 15 is 0 Å². The minimum Gasteiger partial charge on any atom is -0.495 e. The van der Waals surface area contributed by atoms with Gasteiger partial charge in [0, 0.05) is 34.1 Å². The number of sulfonamides is 1. The summed E-state index contributed by atoms with van der Waals surface area (Å²) in [6, 6.07) is 26.2. The average Bonchev–Trinajstić information content (AvgIpc) is 3.02. The Balaban J connectivity index is 1.89. The van der Waals surface area contributed by atoms with E-state index in [0.29, 0.717) is 15.6 Å². The highest BCUT2D eigenvalue weighted by Crippen LogP contribution is 2.34. The van der Waals surface area contributed by atoms with Crippen LogP contribution >= 0.6 is 23.2 Å². The lowest BCUT2D eigenvalue weighted by Crippen LogP contribution is -2.56. The molecule has 47 heavy (non-hydrogen) atoms. The molecule has 0 aliphatic carbocycles. The van der Waals surface area contributed by atoms with E-state index in [9.17, 15) is 18.0 Å². The summed E-state index contributed by atoms with van der Waals surface area (Å²) >= 11 is 13.2. The predicted molar refractivity (Wildman–Crippen MR) is 188 cm³/mol. The normalized spacial score (nSPS) is 12.2. The summed E-state index contributed by atoms with van der Waals surface area (Å²) in [7, 11) is -2.87. The maximum Gasteiger partial charge on any atom is 0.264 e. The molecule has 4 aromatic rings. The molecule has 8 nitrogen and oxygen atoms in total. The molecule has 2 amide bonds. The number of halogens is 2. The summed E-state index contributed by atoms with van der Waals surface area (Å²) < 4.78 is 35.2. The first-order chi connectivity index (χ1) is 22.2. The summed E-state index contributed by atoms with van der Waals surface area (Å²) in [6.45, 7) is 6.56. The van der Waals surface area contributed by atoms with Gasteiger partial charge in [-0.2, -0.15) is 0 Å². The quantitative estimate of drug-likeness (QED) is 0.171. The van der Waals surface area contributed by atoms with Crippen molar-refractivity contribution in [3.8, 4) is 5.75 Å². The molecule has 0 aromatic heterocycles. The number of benzene rings is 4. The molecule has 0 saturated heterocycles. The monoisotopic (exact) mass is 695 g/mol. The Morgan fingerprint density at radius 3 is 2.04 bits per heavy atom. The van der Waals surface area contributed by atoms with Crippen LogP contribution in [0.2, 0.25) is 10.0 Å². The summed E-state index contributed by atoms with van der Waals surface area (Å²) in [5.74, 6) is -0.799. The van der Waals surface area contributed by atoms with Crippen molar-refractivity contribution in [1.29, 1.82) is 0 Å². The highest BCUT2D eigenvalue weighted by atomic mass is 35.5. The molecule has 11 heteroatoms. The van der Waals surface area contributed by atoms with Gasteiger partial charge in [0.05, 0.1) is 17.7 Å². The van der Waals surface area contributed by atoms with Crippen molar-refractivity contribution in [3.63, 3.8) is 0 Å². The number of carbonyl (C=O) groups is 2. The Hall–Kier alpha value is -4.05. The fourth-order valence-corrected chi connectivity index (χ4v) is 7.04. The zero-order valence-electron chi connectivity index (χ0n) is 27.0. The lowest BCUT2D eigenvalue weighted by molar-refractivity contribution is -0.140. The molecule has 248 valence electrons. The van der Waals surface area contributed by atoms with Crippen LogP contribution in [0.1, 0.15) is 37.5 Å². The Morgan fingerprint density at radius 2 is 1.47 bits per heavy atom. The van der Waals surface area contributed by atoms with Crippen LogP contribution in [0, 0.1) is 6.92 Å². The number of rotatable bonds is 12. The summed E-state index contributed by atoms with van der Waals surface area (Å²) in [5, 5.41) is 3.62. The van der Waals surface area contributed by atoms with E-state index in [2.05, 4.69) is 5.32 Å². The first kappa shape index (κ1) is 35.8. The average molecular weight is 697 g/mol. The van der Waals surface area contributed by atoms with Gasteiger partial charge in [-0.15, -0.1) is 0 Å².